The van der Waals surface area contributed by atoms with Crippen LogP contribution in [-0.2, 0) is 0 Å². The van der Waals surface area contributed by atoms with Crippen LogP contribution in [0.15, 0.2) is 12.7 Å². The second-order valence-corrected chi connectivity index (χ2v) is 4.74. The molecule has 0 aliphatic carbocycles. The Morgan fingerprint density at radius 2 is 2.29 bits per heavy atom. The van der Waals surface area contributed by atoms with Crippen LogP contribution >= 0.6 is 0 Å². The molecular weight excluding hydrogens is 172 g/mol. The molecule has 2 heteroatoms. The Kier molecular flexibility index (Phi) is 3.24. The molecule has 0 saturated carbocycles. The van der Waals surface area contributed by atoms with Gasteiger partial charge in [-0.15, -0.1) is 6.58 Å². The van der Waals surface area contributed by atoms with Crippen molar-refractivity contribution >= 4 is 0 Å². The molecule has 0 spiro atoms. The predicted molar refractivity (Wildman–Crippen MR) is 60.4 cm³/mol. The Hall–Kier alpha value is -0.340. The number of rotatable bonds is 3. The van der Waals surface area contributed by atoms with Crippen LogP contribution in [0.5, 0.6) is 0 Å². The number of fused-ring (bicyclic) bond motifs is 1. The molecule has 2 saturated heterocycles. The molecule has 2 aliphatic heterocycles. The van der Waals surface area contributed by atoms with E-state index in [2.05, 4.69) is 23.7 Å². The molecule has 0 aromatic heterocycles. The predicted octanol–water partition coefficient (Wildman–Crippen LogP) is 1.78. The van der Waals surface area contributed by atoms with E-state index in [1.807, 2.05) is 6.08 Å². The first-order valence-electron chi connectivity index (χ1n) is 5.92. The third-order valence-electron chi connectivity index (χ3n) is 3.67. The van der Waals surface area contributed by atoms with E-state index in [0.29, 0.717) is 6.04 Å². The van der Waals surface area contributed by atoms with Gasteiger partial charge in [-0.05, 0) is 45.7 Å². The minimum absolute atomic E-state index is 0.466. The minimum atomic E-state index is 0.466. The maximum absolute atomic E-state index is 3.82. The third kappa shape index (κ3) is 2.18. The van der Waals surface area contributed by atoms with Crippen LogP contribution in [0.2, 0.25) is 0 Å². The van der Waals surface area contributed by atoms with E-state index in [4.69, 9.17) is 0 Å². The van der Waals surface area contributed by atoms with Crippen molar-refractivity contribution in [1.29, 1.82) is 0 Å². The number of nitrogens with zero attached hydrogens (tertiary/aromatic N) is 1. The highest BCUT2D eigenvalue weighted by Crippen LogP contribution is 2.26. The molecule has 2 aliphatic rings. The van der Waals surface area contributed by atoms with Crippen molar-refractivity contribution in [2.45, 2.75) is 50.7 Å². The molecule has 2 rings (SSSR count). The monoisotopic (exact) mass is 194 g/mol. The fourth-order valence-corrected chi connectivity index (χ4v) is 2.82. The van der Waals surface area contributed by atoms with Crippen LogP contribution in [0.3, 0.4) is 0 Å². The van der Waals surface area contributed by atoms with Gasteiger partial charge >= 0.3 is 0 Å². The zero-order chi connectivity index (χ0) is 9.97. The highest BCUT2D eigenvalue weighted by Gasteiger charge is 2.31. The van der Waals surface area contributed by atoms with Crippen LogP contribution in [0, 0.1) is 0 Å². The first-order chi connectivity index (χ1) is 6.79. The molecule has 0 aromatic carbocycles. The molecule has 2 nitrogen and oxygen atoms in total. The van der Waals surface area contributed by atoms with Crippen molar-refractivity contribution in [3.05, 3.63) is 12.7 Å². The molecule has 1 N–H and O–H groups in total. The summed E-state index contributed by atoms with van der Waals surface area (Å²) in [7, 11) is 0. The van der Waals surface area contributed by atoms with Crippen molar-refractivity contribution < 1.29 is 0 Å². The van der Waals surface area contributed by atoms with Gasteiger partial charge in [0.25, 0.3) is 0 Å². The van der Waals surface area contributed by atoms with E-state index in [-0.39, 0.29) is 0 Å². The Bertz CT molecular complexity index is 202. The van der Waals surface area contributed by atoms with Gasteiger partial charge in [0.1, 0.15) is 0 Å². The second-order valence-electron chi connectivity index (χ2n) is 4.74. The summed E-state index contributed by atoms with van der Waals surface area (Å²) in [4.78, 5) is 2.66. The lowest BCUT2D eigenvalue weighted by atomic mass is 9.97. The van der Waals surface area contributed by atoms with Crippen molar-refractivity contribution in [3.8, 4) is 0 Å². The van der Waals surface area contributed by atoms with Gasteiger partial charge in [-0.2, -0.15) is 0 Å². The van der Waals surface area contributed by atoms with Crippen molar-refractivity contribution in [2.75, 3.05) is 13.1 Å². The summed E-state index contributed by atoms with van der Waals surface area (Å²) in [5.74, 6) is 0. The first-order valence-corrected chi connectivity index (χ1v) is 5.92. The average molecular weight is 194 g/mol. The lowest BCUT2D eigenvalue weighted by Crippen LogP contribution is -2.47. The first kappa shape index (κ1) is 10.2. The fourth-order valence-electron chi connectivity index (χ4n) is 2.82. The Morgan fingerprint density at radius 1 is 1.43 bits per heavy atom. The molecule has 0 bridgehead atoms. The van der Waals surface area contributed by atoms with Gasteiger partial charge in [-0.25, -0.2) is 0 Å². The number of hydrogen-bond donors (Lipinski definition) is 1. The van der Waals surface area contributed by atoms with E-state index in [9.17, 15) is 0 Å². The van der Waals surface area contributed by atoms with E-state index in [0.717, 1.165) is 12.1 Å². The number of nitrogens with one attached hydrogen (secondary N) is 1. The van der Waals surface area contributed by atoms with Crippen LogP contribution in [0.25, 0.3) is 0 Å². The Morgan fingerprint density at radius 3 is 3.07 bits per heavy atom. The molecule has 0 amide bonds. The zero-order valence-corrected chi connectivity index (χ0v) is 9.21. The molecule has 3 atom stereocenters. The van der Waals surface area contributed by atoms with Crippen LogP contribution in [0.1, 0.15) is 32.6 Å². The maximum Gasteiger partial charge on any atom is 0.0221 e. The molecule has 0 radical (unpaired) electrons. The summed E-state index contributed by atoms with van der Waals surface area (Å²) < 4.78 is 0. The summed E-state index contributed by atoms with van der Waals surface area (Å²) in [5.41, 5.74) is 0. The lowest BCUT2D eigenvalue weighted by molar-refractivity contribution is 0.165. The summed E-state index contributed by atoms with van der Waals surface area (Å²) in [5, 5.41) is 3.64. The van der Waals surface area contributed by atoms with Crippen molar-refractivity contribution in [1.82, 2.24) is 10.2 Å². The van der Waals surface area contributed by atoms with Gasteiger partial charge in [0.2, 0.25) is 0 Å². The van der Waals surface area contributed by atoms with Gasteiger partial charge in [0.15, 0.2) is 0 Å². The van der Waals surface area contributed by atoms with E-state index < -0.39 is 0 Å². The van der Waals surface area contributed by atoms with Gasteiger partial charge in [0.05, 0.1) is 0 Å². The maximum atomic E-state index is 3.82. The summed E-state index contributed by atoms with van der Waals surface area (Å²) in [6, 6.07) is 2.06. The smallest absolute Gasteiger partial charge is 0.0221 e. The normalized spacial score (nSPS) is 35.2. The topological polar surface area (TPSA) is 15.3 Å². The average Bonchev–Trinajstić information content (AvgIpc) is 2.64. The van der Waals surface area contributed by atoms with E-state index >= 15 is 0 Å². The van der Waals surface area contributed by atoms with Crippen LogP contribution in [0.4, 0.5) is 0 Å². The number of hydrogen-bond acceptors (Lipinski definition) is 2. The van der Waals surface area contributed by atoms with E-state index in [1.54, 1.807) is 0 Å². The molecular formula is C12H22N2. The highest BCUT2D eigenvalue weighted by molar-refractivity contribution is 4.92. The summed E-state index contributed by atoms with van der Waals surface area (Å²) in [6.07, 6.45) is 7.49. The minimum Gasteiger partial charge on any atom is -0.308 e. The molecule has 14 heavy (non-hydrogen) atoms. The van der Waals surface area contributed by atoms with Crippen LogP contribution in [-0.4, -0.2) is 36.1 Å². The summed E-state index contributed by atoms with van der Waals surface area (Å²) in [6.45, 7) is 8.65. The SMILES string of the molecule is C=CC(C)NC1CCN2CCCC2C1. The molecule has 80 valence electrons. The summed E-state index contributed by atoms with van der Waals surface area (Å²) >= 11 is 0. The Balaban J connectivity index is 1.82. The number of piperidine rings is 1. The van der Waals surface area contributed by atoms with Gasteiger partial charge in [0, 0.05) is 18.1 Å². The largest absolute Gasteiger partial charge is 0.308 e. The van der Waals surface area contributed by atoms with Gasteiger partial charge in [-0.1, -0.05) is 6.08 Å². The molecule has 0 aromatic rings. The fraction of sp³-hybridized carbons (Fsp3) is 0.833. The van der Waals surface area contributed by atoms with Gasteiger partial charge in [-0.3, -0.25) is 0 Å². The molecule has 2 heterocycles. The van der Waals surface area contributed by atoms with Gasteiger partial charge < -0.3 is 10.2 Å². The highest BCUT2D eigenvalue weighted by atomic mass is 15.2. The standard InChI is InChI=1S/C12H22N2/c1-3-10(2)13-11-6-8-14-7-4-5-12(14)9-11/h3,10-13H,1,4-9H2,2H3. The zero-order valence-electron chi connectivity index (χ0n) is 9.21. The van der Waals surface area contributed by atoms with Crippen molar-refractivity contribution in [2.24, 2.45) is 0 Å². The quantitative estimate of drug-likeness (QED) is 0.689. The molecule has 2 fully saturated rings. The molecule has 3 unspecified atom stereocenters. The van der Waals surface area contributed by atoms with Crippen LogP contribution < -0.4 is 5.32 Å². The van der Waals surface area contributed by atoms with E-state index in [1.165, 1.54) is 38.8 Å². The second kappa shape index (κ2) is 4.45. The third-order valence-corrected chi connectivity index (χ3v) is 3.67. The Labute approximate surface area is 87.4 Å². The lowest BCUT2D eigenvalue weighted by Gasteiger charge is -2.36. The van der Waals surface area contributed by atoms with Crippen molar-refractivity contribution in [3.63, 3.8) is 0 Å².